The molecular weight excluding hydrogens is 235 g/mol. The van der Waals surface area contributed by atoms with Crippen molar-refractivity contribution in [3.63, 3.8) is 0 Å². The van der Waals surface area contributed by atoms with E-state index in [1.54, 1.807) is 12.1 Å². The zero-order valence-corrected chi connectivity index (χ0v) is 10.1. The van der Waals surface area contributed by atoms with Crippen LogP contribution < -0.4 is 0 Å². The number of carbonyl (C=O) groups is 1. The van der Waals surface area contributed by atoms with Gasteiger partial charge in [-0.3, -0.25) is 4.79 Å². The number of carboxylic acids is 1. The van der Waals surface area contributed by atoms with Crippen molar-refractivity contribution in [2.45, 2.75) is 19.3 Å². The van der Waals surface area contributed by atoms with Crippen molar-refractivity contribution in [3.8, 4) is 0 Å². The number of hydrogen-bond acceptors (Lipinski definition) is 2. The van der Waals surface area contributed by atoms with Crippen molar-refractivity contribution in [2.24, 2.45) is 11.8 Å². The Labute approximate surface area is 106 Å². The molecule has 0 amide bonds. The van der Waals surface area contributed by atoms with Gasteiger partial charge in [0.05, 0.1) is 12.5 Å². The van der Waals surface area contributed by atoms with Gasteiger partial charge in [0.25, 0.3) is 0 Å². The molecule has 1 aromatic carbocycles. The summed E-state index contributed by atoms with van der Waals surface area (Å²) in [6.07, 6.45) is 2.13. The molecule has 0 bridgehead atoms. The topological polar surface area (TPSA) is 46.5 Å². The fourth-order valence-corrected chi connectivity index (χ4v) is 2.46. The van der Waals surface area contributed by atoms with Crippen LogP contribution in [-0.4, -0.2) is 24.3 Å². The van der Waals surface area contributed by atoms with Gasteiger partial charge in [0, 0.05) is 6.61 Å². The van der Waals surface area contributed by atoms with E-state index in [0.717, 1.165) is 18.4 Å². The van der Waals surface area contributed by atoms with E-state index in [-0.39, 0.29) is 11.7 Å². The highest BCUT2D eigenvalue weighted by molar-refractivity contribution is 5.70. The van der Waals surface area contributed by atoms with Gasteiger partial charge in [-0.2, -0.15) is 0 Å². The summed E-state index contributed by atoms with van der Waals surface area (Å²) in [6.45, 7) is 1.20. The van der Waals surface area contributed by atoms with Crippen LogP contribution in [0, 0.1) is 17.7 Å². The molecule has 0 aliphatic carbocycles. The van der Waals surface area contributed by atoms with E-state index in [4.69, 9.17) is 4.74 Å². The van der Waals surface area contributed by atoms with E-state index in [1.165, 1.54) is 12.1 Å². The minimum atomic E-state index is -0.824. The molecule has 1 N–H and O–H groups in total. The van der Waals surface area contributed by atoms with Crippen LogP contribution in [0.3, 0.4) is 0 Å². The van der Waals surface area contributed by atoms with Gasteiger partial charge in [0.15, 0.2) is 0 Å². The van der Waals surface area contributed by atoms with Gasteiger partial charge in [-0.1, -0.05) is 12.1 Å². The zero-order chi connectivity index (χ0) is 13.0. The largest absolute Gasteiger partial charge is 0.481 e. The lowest BCUT2D eigenvalue weighted by Crippen LogP contribution is -2.32. The molecule has 18 heavy (non-hydrogen) atoms. The number of benzene rings is 1. The minimum absolute atomic E-state index is 0.0273. The maximum Gasteiger partial charge on any atom is 0.307 e. The molecule has 1 heterocycles. The Morgan fingerprint density at radius 2 is 2.39 bits per heavy atom. The summed E-state index contributed by atoms with van der Waals surface area (Å²) in [5.41, 5.74) is 0.730. The normalized spacial score (nSPS) is 21.5. The Morgan fingerprint density at radius 3 is 3.00 bits per heavy atom. The van der Waals surface area contributed by atoms with E-state index < -0.39 is 11.9 Å². The molecule has 1 aliphatic heterocycles. The highest BCUT2D eigenvalue weighted by Gasteiger charge is 2.30. The molecule has 0 saturated carbocycles. The standard InChI is InChI=1S/C14H17FO3/c15-12-5-1-3-10(7-12)8-13(14(16)17)11-4-2-6-18-9-11/h1,3,5,7,11,13H,2,4,6,8-9H2,(H,16,17). The maximum absolute atomic E-state index is 13.1. The van der Waals surface area contributed by atoms with E-state index in [1.807, 2.05) is 0 Å². The maximum atomic E-state index is 13.1. The fraction of sp³-hybridized carbons (Fsp3) is 0.500. The average Bonchev–Trinajstić information content (AvgIpc) is 2.37. The van der Waals surface area contributed by atoms with Crippen LogP contribution in [0.4, 0.5) is 4.39 Å². The SMILES string of the molecule is O=C(O)C(Cc1cccc(F)c1)C1CCCOC1. The molecule has 1 saturated heterocycles. The van der Waals surface area contributed by atoms with Crippen LogP contribution in [0.1, 0.15) is 18.4 Å². The highest BCUT2D eigenvalue weighted by atomic mass is 19.1. The lowest BCUT2D eigenvalue weighted by molar-refractivity contribution is -0.145. The second-order valence-electron chi connectivity index (χ2n) is 4.76. The summed E-state index contributed by atoms with van der Waals surface area (Å²) in [4.78, 5) is 11.3. The third-order valence-corrected chi connectivity index (χ3v) is 3.43. The summed E-state index contributed by atoms with van der Waals surface area (Å²) in [7, 11) is 0. The van der Waals surface area contributed by atoms with Crippen molar-refractivity contribution in [1.29, 1.82) is 0 Å². The van der Waals surface area contributed by atoms with Gasteiger partial charge >= 0.3 is 5.97 Å². The van der Waals surface area contributed by atoms with Gasteiger partial charge in [-0.25, -0.2) is 4.39 Å². The molecule has 2 atom stereocenters. The smallest absolute Gasteiger partial charge is 0.307 e. The Bertz CT molecular complexity index is 413. The van der Waals surface area contributed by atoms with Crippen molar-refractivity contribution in [1.82, 2.24) is 0 Å². The van der Waals surface area contributed by atoms with Crippen LogP contribution in [0.15, 0.2) is 24.3 Å². The molecule has 1 aromatic rings. The highest BCUT2D eigenvalue weighted by Crippen LogP contribution is 2.26. The monoisotopic (exact) mass is 252 g/mol. The molecule has 1 aliphatic rings. The number of hydrogen-bond donors (Lipinski definition) is 1. The molecular formula is C14H17FO3. The Kier molecular flexibility index (Phi) is 4.31. The predicted octanol–water partition coefficient (Wildman–Crippen LogP) is 2.50. The molecule has 98 valence electrons. The quantitative estimate of drug-likeness (QED) is 0.895. The summed E-state index contributed by atoms with van der Waals surface area (Å²) in [5, 5.41) is 9.31. The number of ether oxygens (including phenoxy) is 1. The number of rotatable bonds is 4. The van der Waals surface area contributed by atoms with Gasteiger partial charge in [0.1, 0.15) is 5.82 Å². The van der Waals surface area contributed by atoms with Gasteiger partial charge in [-0.05, 0) is 42.9 Å². The van der Waals surface area contributed by atoms with Gasteiger partial charge in [-0.15, -0.1) is 0 Å². The minimum Gasteiger partial charge on any atom is -0.481 e. The summed E-state index contributed by atoms with van der Waals surface area (Å²) in [6, 6.07) is 6.15. The first-order valence-corrected chi connectivity index (χ1v) is 6.22. The number of aliphatic carboxylic acids is 1. The van der Waals surface area contributed by atoms with Gasteiger partial charge < -0.3 is 9.84 Å². The second-order valence-corrected chi connectivity index (χ2v) is 4.76. The van der Waals surface area contributed by atoms with Crippen LogP contribution in [0.5, 0.6) is 0 Å². The number of carboxylic acid groups (broad SMARTS) is 1. The molecule has 0 aromatic heterocycles. The average molecular weight is 252 g/mol. The zero-order valence-electron chi connectivity index (χ0n) is 10.1. The third kappa shape index (κ3) is 3.29. The molecule has 4 heteroatoms. The first-order valence-electron chi connectivity index (χ1n) is 6.22. The predicted molar refractivity (Wildman–Crippen MR) is 64.8 cm³/mol. The van der Waals surface area contributed by atoms with Crippen LogP contribution >= 0.6 is 0 Å². The Hall–Kier alpha value is -1.42. The Balaban J connectivity index is 2.08. The molecule has 0 radical (unpaired) electrons. The fourth-order valence-electron chi connectivity index (χ4n) is 2.46. The van der Waals surface area contributed by atoms with Crippen molar-refractivity contribution in [3.05, 3.63) is 35.6 Å². The lowest BCUT2D eigenvalue weighted by Gasteiger charge is -2.27. The first-order chi connectivity index (χ1) is 8.66. The second kappa shape index (κ2) is 5.96. The summed E-state index contributed by atoms with van der Waals surface area (Å²) in [5.74, 6) is -1.61. The summed E-state index contributed by atoms with van der Waals surface area (Å²) < 4.78 is 18.4. The molecule has 2 rings (SSSR count). The van der Waals surface area contributed by atoms with Crippen molar-refractivity contribution >= 4 is 5.97 Å². The summed E-state index contributed by atoms with van der Waals surface area (Å²) >= 11 is 0. The van der Waals surface area contributed by atoms with Crippen LogP contribution in [0.2, 0.25) is 0 Å². The van der Waals surface area contributed by atoms with E-state index in [0.29, 0.717) is 19.6 Å². The van der Waals surface area contributed by atoms with Crippen LogP contribution in [0.25, 0.3) is 0 Å². The van der Waals surface area contributed by atoms with E-state index >= 15 is 0 Å². The first kappa shape index (κ1) is 13.0. The third-order valence-electron chi connectivity index (χ3n) is 3.43. The van der Waals surface area contributed by atoms with Crippen LogP contribution in [-0.2, 0) is 16.0 Å². The number of halogens is 1. The van der Waals surface area contributed by atoms with Crippen molar-refractivity contribution in [2.75, 3.05) is 13.2 Å². The molecule has 0 spiro atoms. The van der Waals surface area contributed by atoms with E-state index in [2.05, 4.69) is 0 Å². The van der Waals surface area contributed by atoms with E-state index in [9.17, 15) is 14.3 Å². The molecule has 3 nitrogen and oxygen atoms in total. The molecule has 1 fully saturated rings. The molecule has 2 unspecified atom stereocenters. The van der Waals surface area contributed by atoms with Gasteiger partial charge in [0.2, 0.25) is 0 Å². The Morgan fingerprint density at radius 1 is 1.56 bits per heavy atom. The lowest BCUT2D eigenvalue weighted by atomic mass is 9.83. The van der Waals surface area contributed by atoms with Crippen molar-refractivity contribution < 1.29 is 19.0 Å².